The molecule has 0 bridgehead atoms. The average Bonchev–Trinajstić information content (AvgIpc) is 3.33. The predicted molar refractivity (Wildman–Crippen MR) is 134 cm³/mol. The third-order valence-electron chi connectivity index (χ3n) is 6.05. The van der Waals surface area contributed by atoms with E-state index < -0.39 is 0 Å². The molecule has 174 valence electrons. The Morgan fingerprint density at radius 1 is 1.03 bits per heavy atom. The van der Waals surface area contributed by atoms with Crippen molar-refractivity contribution in [1.29, 1.82) is 0 Å². The van der Waals surface area contributed by atoms with Gasteiger partial charge in [-0.3, -0.25) is 14.7 Å². The van der Waals surface area contributed by atoms with E-state index in [0.717, 1.165) is 75.1 Å². The van der Waals surface area contributed by atoms with Gasteiger partial charge in [-0.05, 0) is 37.5 Å². The molecular formula is C22H36IN5O3. The molecular weight excluding hydrogens is 509 g/mol. The van der Waals surface area contributed by atoms with Crippen LogP contribution in [0, 0.1) is 0 Å². The van der Waals surface area contributed by atoms with Gasteiger partial charge in [-0.2, -0.15) is 0 Å². The topological polar surface area (TPSA) is 69.6 Å². The van der Waals surface area contributed by atoms with Gasteiger partial charge in [0.15, 0.2) is 17.5 Å². The van der Waals surface area contributed by atoms with Crippen LogP contribution in [0.2, 0.25) is 0 Å². The number of hydrogen-bond donors (Lipinski definition) is 1. The van der Waals surface area contributed by atoms with E-state index in [2.05, 4.69) is 20.1 Å². The molecule has 1 atom stereocenters. The van der Waals surface area contributed by atoms with Crippen molar-refractivity contribution in [2.24, 2.45) is 4.99 Å². The van der Waals surface area contributed by atoms with E-state index in [0.29, 0.717) is 6.54 Å². The monoisotopic (exact) mass is 545 g/mol. The Labute approximate surface area is 203 Å². The van der Waals surface area contributed by atoms with Gasteiger partial charge in [0.2, 0.25) is 5.91 Å². The summed E-state index contributed by atoms with van der Waals surface area (Å²) in [4.78, 5) is 23.7. The van der Waals surface area contributed by atoms with Crippen LogP contribution in [-0.2, 0) is 11.3 Å². The molecule has 2 heterocycles. The van der Waals surface area contributed by atoms with Crippen molar-refractivity contribution in [3.8, 4) is 11.5 Å². The van der Waals surface area contributed by atoms with E-state index in [4.69, 9.17) is 9.47 Å². The highest BCUT2D eigenvalue weighted by Gasteiger charge is 2.30. The lowest BCUT2D eigenvalue weighted by Gasteiger charge is -2.39. The molecule has 8 nitrogen and oxygen atoms in total. The number of carbonyl (C=O) groups excluding carboxylic acids is 1. The van der Waals surface area contributed by atoms with Crippen molar-refractivity contribution in [2.75, 3.05) is 60.5 Å². The molecule has 1 aromatic rings. The number of aliphatic imine (C=N–C) groups is 1. The molecule has 1 unspecified atom stereocenters. The molecule has 3 rings (SSSR count). The fourth-order valence-corrected chi connectivity index (χ4v) is 4.18. The maximum Gasteiger partial charge on any atom is 0.239 e. The van der Waals surface area contributed by atoms with Gasteiger partial charge in [-0.25, -0.2) is 0 Å². The highest BCUT2D eigenvalue weighted by Crippen LogP contribution is 2.27. The lowest BCUT2D eigenvalue weighted by molar-refractivity contribution is -0.135. The number of nitrogens with one attached hydrogen (secondary N) is 1. The van der Waals surface area contributed by atoms with E-state index in [1.165, 1.54) is 0 Å². The van der Waals surface area contributed by atoms with E-state index in [1.54, 1.807) is 14.2 Å². The van der Waals surface area contributed by atoms with Crippen molar-refractivity contribution in [2.45, 2.75) is 32.4 Å². The minimum atomic E-state index is -0.0491. The molecule has 1 amide bonds. The maximum absolute atomic E-state index is 12.7. The SMILES string of the molecule is CN=C(NCc1ccc(OC)c(OC)c1)N1CCN(C(C)C(=O)N2CCCC2)CC1.I. The van der Waals surface area contributed by atoms with Crippen LogP contribution in [0.4, 0.5) is 0 Å². The molecule has 0 aliphatic carbocycles. The van der Waals surface area contributed by atoms with Crippen LogP contribution in [0.25, 0.3) is 0 Å². The summed E-state index contributed by atoms with van der Waals surface area (Å²) >= 11 is 0. The minimum Gasteiger partial charge on any atom is -0.493 e. The number of hydrogen-bond acceptors (Lipinski definition) is 5. The quantitative estimate of drug-likeness (QED) is 0.335. The van der Waals surface area contributed by atoms with Crippen LogP contribution >= 0.6 is 24.0 Å². The summed E-state index contributed by atoms with van der Waals surface area (Å²) in [6, 6.07) is 5.86. The number of ether oxygens (including phenoxy) is 2. The highest BCUT2D eigenvalue weighted by atomic mass is 127. The van der Waals surface area contributed by atoms with E-state index in [-0.39, 0.29) is 35.9 Å². The Bertz CT molecular complexity index is 747. The molecule has 0 radical (unpaired) electrons. The van der Waals surface area contributed by atoms with Crippen LogP contribution in [-0.4, -0.2) is 93.1 Å². The number of piperazine rings is 1. The van der Waals surface area contributed by atoms with Gasteiger partial charge in [0, 0.05) is 52.9 Å². The number of rotatable bonds is 6. The number of guanidine groups is 1. The van der Waals surface area contributed by atoms with Gasteiger partial charge in [0.05, 0.1) is 20.3 Å². The van der Waals surface area contributed by atoms with Crippen molar-refractivity contribution in [3.05, 3.63) is 23.8 Å². The Morgan fingerprint density at radius 2 is 1.68 bits per heavy atom. The van der Waals surface area contributed by atoms with Crippen molar-refractivity contribution in [1.82, 2.24) is 20.0 Å². The number of carbonyl (C=O) groups is 1. The first kappa shape index (κ1) is 25.5. The van der Waals surface area contributed by atoms with Crippen LogP contribution < -0.4 is 14.8 Å². The molecule has 0 aromatic heterocycles. The van der Waals surface area contributed by atoms with Gasteiger partial charge in [0.1, 0.15) is 0 Å². The summed E-state index contributed by atoms with van der Waals surface area (Å²) in [5.74, 6) is 2.59. The number of nitrogens with zero attached hydrogens (tertiary/aromatic N) is 4. The van der Waals surface area contributed by atoms with Gasteiger partial charge < -0.3 is 24.6 Å². The second-order valence-corrected chi connectivity index (χ2v) is 7.82. The molecule has 31 heavy (non-hydrogen) atoms. The normalized spacial score (nSPS) is 18.4. The van der Waals surface area contributed by atoms with Gasteiger partial charge in [-0.1, -0.05) is 6.07 Å². The average molecular weight is 545 g/mol. The Morgan fingerprint density at radius 3 is 2.26 bits per heavy atom. The minimum absolute atomic E-state index is 0. The van der Waals surface area contributed by atoms with Gasteiger partial charge in [-0.15, -0.1) is 24.0 Å². The first-order valence-electron chi connectivity index (χ1n) is 10.8. The van der Waals surface area contributed by atoms with Crippen molar-refractivity contribution in [3.63, 3.8) is 0 Å². The lowest BCUT2D eigenvalue weighted by atomic mass is 10.2. The first-order valence-corrected chi connectivity index (χ1v) is 10.8. The number of likely N-dealkylation sites (tertiary alicyclic amines) is 1. The molecule has 1 aromatic carbocycles. The fourth-order valence-electron chi connectivity index (χ4n) is 4.18. The highest BCUT2D eigenvalue weighted by molar-refractivity contribution is 14.0. The standard InChI is InChI=1S/C22H35N5O3.HI/c1-17(21(28)26-9-5-6-10-26)25-11-13-27(14-12-25)22(23-2)24-16-18-7-8-19(29-3)20(15-18)30-4;/h7-8,15,17H,5-6,9-14,16H2,1-4H3,(H,23,24);1H. The molecule has 2 aliphatic rings. The second-order valence-electron chi connectivity index (χ2n) is 7.82. The lowest BCUT2D eigenvalue weighted by Crippen LogP contribution is -2.57. The van der Waals surface area contributed by atoms with Crippen molar-refractivity contribution < 1.29 is 14.3 Å². The molecule has 2 aliphatic heterocycles. The molecule has 9 heteroatoms. The number of benzene rings is 1. The van der Waals surface area contributed by atoms with Crippen LogP contribution in [0.15, 0.2) is 23.2 Å². The zero-order chi connectivity index (χ0) is 21.5. The molecule has 2 fully saturated rings. The Kier molecular flexibility index (Phi) is 10.1. The zero-order valence-corrected chi connectivity index (χ0v) is 21.4. The van der Waals surface area contributed by atoms with E-state index in [9.17, 15) is 4.79 Å². The number of methoxy groups -OCH3 is 2. The van der Waals surface area contributed by atoms with Crippen molar-refractivity contribution >= 4 is 35.8 Å². The maximum atomic E-state index is 12.7. The third kappa shape index (κ3) is 6.38. The summed E-state index contributed by atoms with van der Waals surface area (Å²) in [5.41, 5.74) is 1.09. The summed E-state index contributed by atoms with van der Waals surface area (Å²) in [6.45, 7) is 7.94. The summed E-state index contributed by atoms with van der Waals surface area (Å²) in [6.07, 6.45) is 2.27. The van der Waals surface area contributed by atoms with Gasteiger partial charge in [0.25, 0.3) is 0 Å². The van der Waals surface area contributed by atoms with Crippen LogP contribution in [0.5, 0.6) is 11.5 Å². The molecule has 2 saturated heterocycles. The Balaban J connectivity index is 0.00000341. The number of amides is 1. The smallest absolute Gasteiger partial charge is 0.239 e. The number of halogens is 1. The van der Waals surface area contributed by atoms with Crippen LogP contribution in [0.1, 0.15) is 25.3 Å². The predicted octanol–water partition coefficient (Wildman–Crippen LogP) is 2.03. The summed E-state index contributed by atoms with van der Waals surface area (Å²) < 4.78 is 10.7. The van der Waals surface area contributed by atoms with Crippen LogP contribution in [0.3, 0.4) is 0 Å². The van der Waals surface area contributed by atoms with E-state index >= 15 is 0 Å². The summed E-state index contributed by atoms with van der Waals surface area (Å²) in [7, 11) is 5.09. The third-order valence-corrected chi connectivity index (χ3v) is 6.05. The van der Waals surface area contributed by atoms with E-state index in [1.807, 2.05) is 37.1 Å². The van der Waals surface area contributed by atoms with Gasteiger partial charge >= 0.3 is 0 Å². The Hall–Kier alpha value is -1.75. The first-order chi connectivity index (χ1) is 14.6. The molecule has 0 spiro atoms. The molecule has 1 N–H and O–H groups in total. The fraction of sp³-hybridized carbons (Fsp3) is 0.636. The largest absolute Gasteiger partial charge is 0.493 e. The zero-order valence-electron chi connectivity index (χ0n) is 19.1. The summed E-state index contributed by atoms with van der Waals surface area (Å²) in [5, 5.41) is 3.44. The second kappa shape index (κ2) is 12.3. The molecule has 0 saturated carbocycles.